The Morgan fingerprint density at radius 3 is 2.52 bits per heavy atom. The third kappa shape index (κ3) is 4.56. The molecule has 5 heteroatoms. The van der Waals surface area contributed by atoms with Crippen LogP contribution in [0.25, 0.3) is 0 Å². The lowest BCUT2D eigenvalue weighted by atomic mass is 9.99. The summed E-state index contributed by atoms with van der Waals surface area (Å²) in [6.07, 6.45) is 0.840. The van der Waals surface area contributed by atoms with Crippen molar-refractivity contribution < 1.29 is 9.59 Å². The summed E-state index contributed by atoms with van der Waals surface area (Å²) in [5.74, 6) is -0.267. The predicted octanol–water partition coefficient (Wildman–Crippen LogP) is 2.06. The summed E-state index contributed by atoms with van der Waals surface area (Å²) in [6, 6.07) is 4.68. The van der Waals surface area contributed by atoms with Gasteiger partial charge in [-0.1, -0.05) is 26.3 Å². The van der Waals surface area contributed by atoms with E-state index in [-0.39, 0.29) is 17.7 Å². The molecular weight excluding hydrogens is 266 g/mol. The number of nitrogens with one attached hydrogen (secondary N) is 2. The summed E-state index contributed by atoms with van der Waals surface area (Å²) in [5.41, 5.74) is 7.97. The molecule has 0 aliphatic carbocycles. The van der Waals surface area contributed by atoms with Crippen LogP contribution in [0.2, 0.25) is 0 Å². The summed E-state index contributed by atoms with van der Waals surface area (Å²) in [7, 11) is 0. The Hall–Kier alpha value is -1.88. The average Bonchev–Trinajstić information content (AvgIpc) is 2.47. The largest absolute Gasteiger partial charge is 0.352 e. The molecule has 0 fully saturated rings. The van der Waals surface area contributed by atoms with Crippen LogP contribution in [-0.4, -0.2) is 24.4 Å². The zero-order valence-corrected chi connectivity index (χ0v) is 13.2. The smallest absolute Gasteiger partial charge is 0.251 e. The maximum atomic E-state index is 12.1. The van der Waals surface area contributed by atoms with Crippen LogP contribution in [0.4, 0.5) is 5.69 Å². The normalized spacial score (nSPS) is 13.4. The van der Waals surface area contributed by atoms with Gasteiger partial charge in [0.05, 0.1) is 6.04 Å². The minimum Gasteiger partial charge on any atom is -0.352 e. The van der Waals surface area contributed by atoms with Crippen molar-refractivity contribution >= 4 is 17.5 Å². The van der Waals surface area contributed by atoms with Crippen LogP contribution in [-0.2, 0) is 4.79 Å². The molecule has 0 aliphatic heterocycles. The molecule has 0 unspecified atom stereocenters. The molecule has 1 rings (SSSR count). The zero-order chi connectivity index (χ0) is 16.0. The first-order valence-electron chi connectivity index (χ1n) is 7.35. The Morgan fingerprint density at radius 1 is 1.29 bits per heavy atom. The van der Waals surface area contributed by atoms with Gasteiger partial charge in [0.25, 0.3) is 5.91 Å². The Balaban J connectivity index is 2.90. The van der Waals surface area contributed by atoms with E-state index in [0.717, 1.165) is 12.0 Å². The van der Waals surface area contributed by atoms with Crippen LogP contribution in [0.15, 0.2) is 18.2 Å². The van der Waals surface area contributed by atoms with Crippen LogP contribution in [0.1, 0.15) is 43.1 Å². The molecule has 0 aromatic heterocycles. The van der Waals surface area contributed by atoms with Gasteiger partial charge in [0, 0.05) is 17.8 Å². The van der Waals surface area contributed by atoms with E-state index < -0.39 is 6.04 Å². The van der Waals surface area contributed by atoms with Crippen molar-refractivity contribution in [3.8, 4) is 0 Å². The summed E-state index contributed by atoms with van der Waals surface area (Å²) in [6.45, 7) is 8.25. The predicted molar refractivity (Wildman–Crippen MR) is 85.2 cm³/mol. The fraction of sp³-hybridized carbons (Fsp3) is 0.500. The van der Waals surface area contributed by atoms with Crippen molar-refractivity contribution in [1.29, 1.82) is 0 Å². The molecule has 0 saturated carbocycles. The molecule has 0 spiro atoms. The van der Waals surface area contributed by atoms with E-state index in [0.29, 0.717) is 17.8 Å². The maximum absolute atomic E-state index is 12.1. The summed E-state index contributed by atoms with van der Waals surface area (Å²) < 4.78 is 0. The lowest BCUT2D eigenvalue weighted by Gasteiger charge is -2.19. The molecule has 1 aromatic rings. The van der Waals surface area contributed by atoms with Gasteiger partial charge in [-0.3, -0.25) is 9.59 Å². The molecule has 0 radical (unpaired) electrons. The first kappa shape index (κ1) is 17.2. The van der Waals surface area contributed by atoms with Gasteiger partial charge in [-0.2, -0.15) is 0 Å². The number of benzene rings is 1. The van der Waals surface area contributed by atoms with Gasteiger partial charge in [-0.15, -0.1) is 0 Å². The van der Waals surface area contributed by atoms with Crippen LogP contribution < -0.4 is 16.4 Å². The molecule has 2 atom stereocenters. The minimum atomic E-state index is -0.553. The van der Waals surface area contributed by atoms with Gasteiger partial charge in [0.2, 0.25) is 5.91 Å². The van der Waals surface area contributed by atoms with E-state index in [4.69, 9.17) is 5.73 Å². The van der Waals surface area contributed by atoms with Crippen LogP contribution in [0, 0.1) is 12.8 Å². The highest BCUT2D eigenvalue weighted by atomic mass is 16.2. The van der Waals surface area contributed by atoms with E-state index in [1.165, 1.54) is 0 Å². The molecule has 2 amide bonds. The van der Waals surface area contributed by atoms with Crippen LogP contribution in [0.3, 0.4) is 0 Å². The Morgan fingerprint density at radius 2 is 1.95 bits per heavy atom. The number of nitrogens with two attached hydrogens (primary N) is 1. The Bertz CT molecular complexity index is 514. The third-order valence-electron chi connectivity index (χ3n) is 3.65. The second kappa shape index (κ2) is 7.78. The third-order valence-corrected chi connectivity index (χ3v) is 3.65. The molecule has 116 valence electrons. The maximum Gasteiger partial charge on any atom is 0.251 e. The van der Waals surface area contributed by atoms with E-state index >= 15 is 0 Å². The second-order valence-corrected chi connectivity index (χ2v) is 5.29. The van der Waals surface area contributed by atoms with E-state index in [1.54, 1.807) is 12.1 Å². The van der Waals surface area contributed by atoms with Gasteiger partial charge < -0.3 is 16.4 Å². The lowest BCUT2D eigenvalue weighted by molar-refractivity contribution is -0.118. The topological polar surface area (TPSA) is 84.2 Å². The highest BCUT2D eigenvalue weighted by molar-refractivity contribution is 5.99. The Kier molecular flexibility index (Phi) is 6.37. The summed E-state index contributed by atoms with van der Waals surface area (Å²) in [4.78, 5) is 24.0. The van der Waals surface area contributed by atoms with Gasteiger partial charge in [0.1, 0.15) is 0 Å². The average molecular weight is 291 g/mol. The van der Waals surface area contributed by atoms with Gasteiger partial charge >= 0.3 is 0 Å². The van der Waals surface area contributed by atoms with Crippen LogP contribution in [0.5, 0.6) is 0 Å². The molecule has 0 aliphatic rings. The minimum absolute atomic E-state index is 0.108. The van der Waals surface area contributed by atoms with Crippen molar-refractivity contribution in [2.75, 3.05) is 11.9 Å². The zero-order valence-electron chi connectivity index (χ0n) is 13.2. The number of rotatable bonds is 6. The quantitative estimate of drug-likeness (QED) is 0.750. The number of hydrogen-bond donors (Lipinski definition) is 3. The van der Waals surface area contributed by atoms with E-state index in [9.17, 15) is 9.59 Å². The number of anilines is 1. The number of carbonyl (C=O) groups is 2. The second-order valence-electron chi connectivity index (χ2n) is 5.29. The summed E-state index contributed by atoms with van der Waals surface area (Å²) in [5, 5.41) is 5.55. The van der Waals surface area contributed by atoms with E-state index in [2.05, 4.69) is 10.6 Å². The molecule has 0 saturated heterocycles. The van der Waals surface area contributed by atoms with Crippen molar-refractivity contribution in [1.82, 2.24) is 5.32 Å². The number of aryl methyl sites for hydroxylation is 1. The number of amides is 2. The number of hydrogen-bond acceptors (Lipinski definition) is 3. The van der Waals surface area contributed by atoms with Crippen molar-refractivity contribution in [2.45, 2.75) is 40.2 Å². The standard InChI is InChI=1S/C16H25N3O2/c1-5-10(3)14(17)16(21)19-13-9-12(8-7-11(13)4)15(20)18-6-2/h7-10,14H,5-6,17H2,1-4H3,(H,18,20)(H,19,21)/t10-,14-/m0/s1. The SMILES string of the molecule is CCNC(=O)c1ccc(C)c(NC(=O)[C@@H](N)[C@@H](C)CC)c1. The molecule has 1 aromatic carbocycles. The molecule has 0 heterocycles. The number of carbonyl (C=O) groups excluding carboxylic acids is 2. The van der Waals surface area contributed by atoms with Crippen molar-refractivity contribution in [3.05, 3.63) is 29.3 Å². The van der Waals surface area contributed by atoms with Gasteiger partial charge in [0.15, 0.2) is 0 Å². The van der Waals surface area contributed by atoms with E-state index in [1.807, 2.05) is 33.8 Å². The fourth-order valence-corrected chi connectivity index (χ4v) is 1.89. The molecule has 4 N–H and O–H groups in total. The van der Waals surface area contributed by atoms with Gasteiger partial charge in [-0.25, -0.2) is 0 Å². The molecular formula is C16H25N3O2. The monoisotopic (exact) mass is 291 g/mol. The van der Waals surface area contributed by atoms with Gasteiger partial charge in [-0.05, 0) is 37.5 Å². The fourth-order valence-electron chi connectivity index (χ4n) is 1.89. The molecule has 21 heavy (non-hydrogen) atoms. The van der Waals surface area contributed by atoms with Crippen molar-refractivity contribution in [2.24, 2.45) is 11.7 Å². The Labute approximate surface area is 126 Å². The van der Waals surface area contributed by atoms with Crippen molar-refractivity contribution in [3.63, 3.8) is 0 Å². The first-order valence-corrected chi connectivity index (χ1v) is 7.35. The molecule has 0 bridgehead atoms. The first-order chi connectivity index (χ1) is 9.90. The highest BCUT2D eigenvalue weighted by Gasteiger charge is 2.20. The lowest BCUT2D eigenvalue weighted by Crippen LogP contribution is -2.40. The summed E-state index contributed by atoms with van der Waals surface area (Å²) >= 11 is 0. The highest BCUT2D eigenvalue weighted by Crippen LogP contribution is 2.18. The molecule has 5 nitrogen and oxygen atoms in total. The van der Waals surface area contributed by atoms with Crippen LogP contribution >= 0.6 is 0 Å².